The zero-order valence-electron chi connectivity index (χ0n) is 8.06. The van der Waals surface area contributed by atoms with E-state index in [-0.39, 0.29) is 0 Å². The van der Waals surface area contributed by atoms with Gasteiger partial charge in [0.25, 0.3) is 0 Å². The quantitative estimate of drug-likeness (QED) is 0.607. The first-order chi connectivity index (χ1) is 5.83. The molecule has 0 aromatic rings. The fourth-order valence-electron chi connectivity index (χ4n) is 1.55. The van der Waals surface area contributed by atoms with Crippen molar-refractivity contribution in [2.24, 2.45) is 0 Å². The third kappa shape index (κ3) is 3.25. The summed E-state index contributed by atoms with van der Waals surface area (Å²) in [5, 5.41) is 3.42. The Bertz CT molecular complexity index is 178. The molecule has 1 atom stereocenters. The standard InChI is InChI=1S/C10H18N2/c1-3-4-5-7-12-8-6-11-10(2)9-12/h10-11H,5-9H2,1-2H3/t10-/m0/s1. The van der Waals surface area contributed by atoms with Crippen LogP contribution in [0.3, 0.4) is 0 Å². The molecule has 0 amide bonds. The van der Waals surface area contributed by atoms with Crippen molar-refractivity contribution in [3.63, 3.8) is 0 Å². The van der Waals surface area contributed by atoms with E-state index >= 15 is 0 Å². The van der Waals surface area contributed by atoms with Gasteiger partial charge in [-0.3, -0.25) is 4.90 Å². The van der Waals surface area contributed by atoms with E-state index < -0.39 is 0 Å². The molecule has 1 aliphatic heterocycles. The number of piperazine rings is 1. The first kappa shape index (κ1) is 9.57. The number of rotatable bonds is 2. The monoisotopic (exact) mass is 166 g/mol. The fraction of sp³-hybridized carbons (Fsp3) is 0.800. The highest BCUT2D eigenvalue weighted by Gasteiger charge is 2.13. The fourth-order valence-corrected chi connectivity index (χ4v) is 1.55. The molecule has 0 bridgehead atoms. The average Bonchev–Trinajstić information content (AvgIpc) is 2.05. The second kappa shape index (κ2) is 5.18. The molecule has 2 nitrogen and oxygen atoms in total. The summed E-state index contributed by atoms with van der Waals surface area (Å²) in [6.45, 7) is 8.74. The Kier molecular flexibility index (Phi) is 4.13. The van der Waals surface area contributed by atoms with Gasteiger partial charge in [0, 0.05) is 38.6 Å². The van der Waals surface area contributed by atoms with Gasteiger partial charge < -0.3 is 5.32 Å². The molecule has 0 aromatic heterocycles. The Morgan fingerprint density at radius 2 is 2.42 bits per heavy atom. The summed E-state index contributed by atoms with van der Waals surface area (Å²) in [4.78, 5) is 2.48. The molecular weight excluding hydrogens is 148 g/mol. The predicted molar refractivity (Wildman–Crippen MR) is 52.0 cm³/mol. The van der Waals surface area contributed by atoms with Gasteiger partial charge in [0.05, 0.1) is 0 Å². The third-order valence-corrected chi connectivity index (χ3v) is 2.18. The maximum Gasteiger partial charge on any atom is 0.0216 e. The van der Waals surface area contributed by atoms with Crippen LogP contribution < -0.4 is 5.32 Å². The largest absolute Gasteiger partial charge is 0.312 e. The predicted octanol–water partition coefficient (Wildman–Crippen LogP) is 0.694. The van der Waals surface area contributed by atoms with E-state index in [9.17, 15) is 0 Å². The molecule has 1 fully saturated rings. The summed E-state index contributed by atoms with van der Waals surface area (Å²) >= 11 is 0. The van der Waals surface area contributed by atoms with Crippen LogP contribution >= 0.6 is 0 Å². The molecule has 0 spiro atoms. The SMILES string of the molecule is CC#CCCN1CCN[C@@H](C)C1. The molecule has 2 heteroatoms. The summed E-state index contributed by atoms with van der Waals surface area (Å²) in [5.41, 5.74) is 0. The van der Waals surface area contributed by atoms with Gasteiger partial charge in [0.2, 0.25) is 0 Å². The van der Waals surface area contributed by atoms with Gasteiger partial charge in [-0.2, -0.15) is 0 Å². The van der Waals surface area contributed by atoms with Crippen molar-refractivity contribution in [1.29, 1.82) is 0 Å². The zero-order chi connectivity index (χ0) is 8.81. The van der Waals surface area contributed by atoms with Crippen LogP contribution in [0.4, 0.5) is 0 Å². The molecule has 0 unspecified atom stereocenters. The van der Waals surface area contributed by atoms with E-state index in [1.165, 1.54) is 13.1 Å². The van der Waals surface area contributed by atoms with Crippen LogP contribution in [0.25, 0.3) is 0 Å². The van der Waals surface area contributed by atoms with Crippen LogP contribution in [0.15, 0.2) is 0 Å². The average molecular weight is 166 g/mol. The lowest BCUT2D eigenvalue weighted by Crippen LogP contribution is -2.49. The lowest BCUT2D eigenvalue weighted by molar-refractivity contribution is 0.211. The number of hydrogen-bond acceptors (Lipinski definition) is 2. The second-order valence-electron chi connectivity index (χ2n) is 3.33. The zero-order valence-corrected chi connectivity index (χ0v) is 8.06. The van der Waals surface area contributed by atoms with Crippen LogP contribution in [-0.4, -0.2) is 37.1 Å². The summed E-state index contributed by atoms with van der Waals surface area (Å²) in [6.07, 6.45) is 1.02. The van der Waals surface area contributed by atoms with Gasteiger partial charge in [-0.15, -0.1) is 11.8 Å². The number of hydrogen-bond donors (Lipinski definition) is 1. The van der Waals surface area contributed by atoms with E-state index in [2.05, 4.69) is 29.0 Å². The van der Waals surface area contributed by atoms with Crippen LogP contribution in [0, 0.1) is 11.8 Å². The third-order valence-electron chi connectivity index (χ3n) is 2.18. The maximum atomic E-state index is 3.42. The number of nitrogens with zero attached hydrogens (tertiary/aromatic N) is 1. The van der Waals surface area contributed by atoms with Gasteiger partial charge >= 0.3 is 0 Å². The minimum Gasteiger partial charge on any atom is -0.312 e. The Labute approximate surface area is 75.3 Å². The molecule has 1 aliphatic rings. The Hall–Kier alpha value is -0.520. The lowest BCUT2D eigenvalue weighted by Gasteiger charge is -2.31. The van der Waals surface area contributed by atoms with Crippen molar-refractivity contribution in [2.75, 3.05) is 26.2 Å². The van der Waals surface area contributed by atoms with E-state index in [1.54, 1.807) is 0 Å². The second-order valence-corrected chi connectivity index (χ2v) is 3.33. The molecule has 1 N–H and O–H groups in total. The van der Waals surface area contributed by atoms with Crippen LogP contribution in [-0.2, 0) is 0 Å². The van der Waals surface area contributed by atoms with E-state index in [0.717, 1.165) is 19.5 Å². The van der Waals surface area contributed by atoms with Crippen molar-refractivity contribution >= 4 is 0 Å². The van der Waals surface area contributed by atoms with Gasteiger partial charge in [-0.25, -0.2) is 0 Å². The topological polar surface area (TPSA) is 15.3 Å². The summed E-state index contributed by atoms with van der Waals surface area (Å²) in [7, 11) is 0. The van der Waals surface area contributed by atoms with Crippen LogP contribution in [0.5, 0.6) is 0 Å². The smallest absolute Gasteiger partial charge is 0.0216 e. The van der Waals surface area contributed by atoms with Gasteiger partial charge in [-0.1, -0.05) is 0 Å². The molecule has 1 rings (SSSR count). The van der Waals surface area contributed by atoms with Crippen LogP contribution in [0.2, 0.25) is 0 Å². The Balaban J connectivity index is 2.17. The first-order valence-electron chi connectivity index (χ1n) is 4.68. The van der Waals surface area contributed by atoms with Crippen molar-refractivity contribution < 1.29 is 0 Å². The minimum atomic E-state index is 0.647. The molecule has 0 aromatic carbocycles. The van der Waals surface area contributed by atoms with Crippen molar-refractivity contribution in [3.8, 4) is 11.8 Å². The van der Waals surface area contributed by atoms with Gasteiger partial charge in [0.1, 0.15) is 0 Å². The highest BCUT2D eigenvalue weighted by atomic mass is 15.2. The van der Waals surface area contributed by atoms with Crippen LogP contribution in [0.1, 0.15) is 20.3 Å². The van der Waals surface area contributed by atoms with E-state index in [0.29, 0.717) is 6.04 Å². The molecule has 0 aliphatic carbocycles. The van der Waals surface area contributed by atoms with Gasteiger partial charge in [-0.05, 0) is 13.8 Å². The van der Waals surface area contributed by atoms with Crippen molar-refractivity contribution in [3.05, 3.63) is 0 Å². The van der Waals surface area contributed by atoms with Gasteiger partial charge in [0.15, 0.2) is 0 Å². The first-order valence-corrected chi connectivity index (χ1v) is 4.68. The Morgan fingerprint density at radius 3 is 3.08 bits per heavy atom. The molecule has 0 saturated carbocycles. The van der Waals surface area contributed by atoms with E-state index in [4.69, 9.17) is 0 Å². The van der Waals surface area contributed by atoms with Crippen molar-refractivity contribution in [2.45, 2.75) is 26.3 Å². The molecule has 1 heterocycles. The normalized spacial score (nSPS) is 24.7. The van der Waals surface area contributed by atoms with Crippen molar-refractivity contribution in [1.82, 2.24) is 10.2 Å². The summed E-state index contributed by atoms with van der Waals surface area (Å²) < 4.78 is 0. The lowest BCUT2D eigenvalue weighted by atomic mass is 10.2. The Morgan fingerprint density at radius 1 is 1.58 bits per heavy atom. The molecule has 0 radical (unpaired) electrons. The summed E-state index contributed by atoms with van der Waals surface area (Å²) in [5.74, 6) is 6.02. The number of nitrogens with one attached hydrogen (secondary N) is 1. The van der Waals surface area contributed by atoms with E-state index in [1.807, 2.05) is 6.92 Å². The molecule has 68 valence electrons. The molecule has 12 heavy (non-hydrogen) atoms. The minimum absolute atomic E-state index is 0.647. The maximum absolute atomic E-state index is 3.42. The molecule has 1 saturated heterocycles. The summed E-state index contributed by atoms with van der Waals surface area (Å²) in [6, 6.07) is 0.647. The molecular formula is C10H18N2. The highest BCUT2D eigenvalue weighted by molar-refractivity contribution is 4.95. The highest BCUT2D eigenvalue weighted by Crippen LogP contribution is 1.98.